The molecule has 0 amide bonds. The number of halogens is 1. The largest absolute Gasteiger partial charge is 0.456 e. The lowest BCUT2D eigenvalue weighted by Crippen LogP contribution is -2.34. The maximum atomic E-state index is 11.9. The van der Waals surface area contributed by atoms with Crippen molar-refractivity contribution in [2.24, 2.45) is 0 Å². The molecule has 0 bridgehead atoms. The first-order valence-electron chi connectivity index (χ1n) is 6.33. The fourth-order valence-electron chi connectivity index (χ4n) is 2.46. The summed E-state index contributed by atoms with van der Waals surface area (Å²) in [7, 11) is -3.33. The lowest BCUT2D eigenvalue weighted by atomic mass is 10.1. The Kier molecular flexibility index (Phi) is 4.30. The number of anilines is 1. The summed E-state index contributed by atoms with van der Waals surface area (Å²) in [4.78, 5) is 11.9. The van der Waals surface area contributed by atoms with Crippen LogP contribution in [0.25, 0.3) is 0 Å². The van der Waals surface area contributed by atoms with Crippen LogP contribution in [-0.4, -0.2) is 33.3 Å². The van der Waals surface area contributed by atoms with E-state index in [1.165, 1.54) is 10.6 Å². The van der Waals surface area contributed by atoms with Gasteiger partial charge in [-0.2, -0.15) is 0 Å². The van der Waals surface area contributed by atoms with Gasteiger partial charge in [0.25, 0.3) is 0 Å². The van der Waals surface area contributed by atoms with Crippen LogP contribution in [-0.2, 0) is 21.2 Å². The fourth-order valence-corrected chi connectivity index (χ4v) is 3.78. The Bertz CT molecular complexity index is 699. The van der Waals surface area contributed by atoms with E-state index in [9.17, 15) is 13.2 Å². The highest BCUT2D eigenvalue weighted by atomic mass is 35.5. The van der Waals surface area contributed by atoms with Gasteiger partial charge in [0, 0.05) is 11.1 Å². The third kappa shape index (κ3) is 3.39. The minimum absolute atomic E-state index is 0.0522. The molecular formula is C14H16ClNO4S. The van der Waals surface area contributed by atoms with Crippen molar-refractivity contribution in [2.45, 2.75) is 19.4 Å². The maximum Gasteiger partial charge on any atom is 0.338 e. The molecule has 1 aliphatic rings. The number of ether oxygens (including phenoxy) is 1. The van der Waals surface area contributed by atoms with Crippen LogP contribution < -0.4 is 4.31 Å². The molecule has 0 fully saturated rings. The molecule has 0 saturated carbocycles. The molecule has 5 nitrogen and oxygen atoms in total. The molecule has 2 rings (SSSR count). The monoisotopic (exact) mass is 329 g/mol. The Hall–Kier alpha value is -1.53. The standard InChI is InChI=1S/C14H16ClNO4S/c1-9(15)8-20-14(17)11-4-5-13-12(7-11)6-10(2)16(13)21(3,18)19/h4-5,7,10H,1,6,8H2,2-3H3. The molecule has 1 aromatic carbocycles. The van der Waals surface area contributed by atoms with E-state index in [1.54, 1.807) is 18.2 Å². The van der Waals surface area contributed by atoms with Gasteiger partial charge in [0.1, 0.15) is 6.61 Å². The number of rotatable bonds is 4. The minimum Gasteiger partial charge on any atom is -0.456 e. The lowest BCUT2D eigenvalue weighted by Gasteiger charge is -2.21. The zero-order chi connectivity index (χ0) is 15.8. The number of esters is 1. The molecule has 0 aliphatic carbocycles. The number of hydrogen-bond donors (Lipinski definition) is 0. The van der Waals surface area contributed by atoms with E-state index in [-0.39, 0.29) is 17.7 Å². The third-order valence-electron chi connectivity index (χ3n) is 3.19. The zero-order valence-corrected chi connectivity index (χ0v) is 13.4. The highest BCUT2D eigenvalue weighted by Crippen LogP contribution is 2.34. The number of fused-ring (bicyclic) bond motifs is 1. The topological polar surface area (TPSA) is 63.7 Å². The van der Waals surface area contributed by atoms with Crippen LogP contribution >= 0.6 is 11.6 Å². The average Bonchev–Trinajstić information content (AvgIpc) is 2.70. The quantitative estimate of drug-likeness (QED) is 0.795. The number of benzene rings is 1. The number of sulfonamides is 1. The van der Waals surface area contributed by atoms with Crippen molar-refractivity contribution in [1.29, 1.82) is 0 Å². The minimum atomic E-state index is -3.33. The van der Waals surface area contributed by atoms with Gasteiger partial charge in [0.2, 0.25) is 10.0 Å². The second kappa shape index (κ2) is 5.69. The number of carbonyl (C=O) groups excluding carboxylic acids is 1. The predicted octanol–water partition coefficient (Wildman–Crippen LogP) is 2.31. The van der Waals surface area contributed by atoms with E-state index in [0.717, 1.165) is 5.56 Å². The maximum absolute atomic E-state index is 11.9. The molecular weight excluding hydrogens is 314 g/mol. The summed E-state index contributed by atoms with van der Waals surface area (Å²) in [6, 6.07) is 4.68. The fraction of sp³-hybridized carbons (Fsp3) is 0.357. The van der Waals surface area contributed by atoms with E-state index in [1.807, 2.05) is 6.92 Å². The van der Waals surface area contributed by atoms with Crippen molar-refractivity contribution in [3.8, 4) is 0 Å². The van der Waals surface area contributed by atoms with E-state index in [0.29, 0.717) is 17.7 Å². The number of nitrogens with zero attached hydrogens (tertiary/aromatic N) is 1. The molecule has 7 heteroatoms. The molecule has 1 heterocycles. The summed E-state index contributed by atoms with van der Waals surface area (Å²) < 4.78 is 30.0. The lowest BCUT2D eigenvalue weighted by molar-refractivity contribution is 0.0546. The SMILES string of the molecule is C=C(Cl)COC(=O)c1ccc2c(c1)CC(C)N2S(C)(=O)=O. The van der Waals surface area contributed by atoms with Gasteiger partial charge >= 0.3 is 5.97 Å². The first-order chi connectivity index (χ1) is 9.70. The van der Waals surface area contributed by atoms with Crippen LogP contribution in [0.3, 0.4) is 0 Å². The summed E-state index contributed by atoms with van der Waals surface area (Å²) in [5, 5.41) is 0.237. The Morgan fingerprint density at radius 1 is 1.52 bits per heavy atom. The Morgan fingerprint density at radius 3 is 2.76 bits per heavy atom. The summed E-state index contributed by atoms with van der Waals surface area (Å²) in [5.74, 6) is -0.509. The van der Waals surface area contributed by atoms with E-state index >= 15 is 0 Å². The average molecular weight is 330 g/mol. The molecule has 0 saturated heterocycles. The first-order valence-corrected chi connectivity index (χ1v) is 8.55. The summed E-state index contributed by atoms with van der Waals surface area (Å²) >= 11 is 5.55. The van der Waals surface area contributed by atoms with Crippen LogP contribution in [0.2, 0.25) is 0 Å². The van der Waals surface area contributed by atoms with Crippen molar-refractivity contribution in [3.63, 3.8) is 0 Å². The highest BCUT2D eigenvalue weighted by Gasteiger charge is 2.32. The van der Waals surface area contributed by atoms with Gasteiger partial charge in [-0.3, -0.25) is 4.31 Å². The van der Waals surface area contributed by atoms with E-state index in [2.05, 4.69) is 6.58 Å². The van der Waals surface area contributed by atoms with Gasteiger partial charge in [-0.05, 0) is 37.1 Å². The molecule has 0 aromatic heterocycles. The molecule has 1 atom stereocenters. The van der Waals surface area contributed by atoms with Gasteiger partial charge in [-0.25, -0.2) is 13.2 Å². The van der Waals surface area contributed by atoms with Crippen LogP contribution in [0, 0.1) is 0 Å². The highest BCUT2D eigenvalue weighted by molar-refractivity contribution is 7.92. The van der Waals surface area contributed by atoms with Crippen molar-refractivity contribution in [2.75, 3.05) is 17.2 Å². The van der Waals surface area contributed by atoms with Crippen molar-refractivity contribution in [3.05, 3.63) is 40.9 Å². The molecule has 0 N–H and O–H groups in total. The Balaban J connectivity index is 2.28. The Labute approximate surface area is 129 Å². The van der Waals surface area contributed by atoms with E-state index < -0.39 is 16.0 Å². The van der Waals surface area contributed by atoms with Gasteiger partial charge in [-0.1, -0.05) is 18.2 Å². The summed E-state index contributed by atoms with van der Waals surface area (Å²) in [6.45, 7) is 5.22. The molecule has 0 spiro atoms. The second-order valence-corrected chi connectivity index (χ2v) is 7.44. The van der Waals surface area contributed by atoms with Gasteiger partial charge < -0.3 is 4.74 Å². The molecule has 1 aliphatic heterocycles. The number of carbonyl (C=O) groups is 1. The molecule has 21 heavy (non-hydrogen) atoms. The molecule has 1 aromatic rings. The molecule has 1 unspecified atom stereocenters. The predicted molar refractivity (Wildman–Crippen MR) is 82.2 cm³/mol. The van der Waals surface area contributed by atoms with Crippen molar-refractivity contribution >= 4 is 33.3 Å². The van der Waals surface area contributed by atoms with E-state index in [4.69, 9.17) is 16.3 Å². The number of hydrogen-bond acceptors (Lipinski definition) is 4. The smallest absolute Gasteiger partial charge is 0.338 e. The van der Waals surface area contributed by atoms with Gasteiger partial charge in [0.15, 0.2) is 0 Å². The molecule has 114 valence electrons. The normalized spacial score (nSPS) is 17.5. The summed E-state index contributed by atoms with van der Waals surface area (Å²) in [5.41, 5.74) is 1.80. The Morgan fingerprint density at radius 2 is 2.19 bits per heavy atom. The summed E-state index contributed by atoms with van der Waals surface area (Å²) in [6.07, 6.45) is 1.73. The van der Waals surface area contributed by atoms with Gasteiger partial charge in [-0.15, -0.1) is 0 Å². The second-order valence-electron chi connectivity index (χ2n) is 5.05. The zero-order valence-electron chi connectivity index (χ0n) is 11.8. The van der Waals surface area contributed by atoms with Crippen LogP contribution in [0.5, 0.6) is 0 Å². The third-order valence-corrected chi connectivity index (χ3v) is 4.57. The van der Waals surface area contributed by atoms with Crippen LogP contribution in [0.4, 0.5) is 5.69 Å². The van der Waals surface area contributed by atoms with Crippen molar-refractivity contribution in [1.82, 2.24) is 0 Å². The van der Waals surface area contributed by atoms with Crippen LogP contribution in [0.15, 0.2) is 29.8 Å². The van der Waals surface area contributed by atoms with Crippen molar-refractivity contribution < 1.29 is 17.9 Å². The molecule has 0 radical (unpaired) electrons. The first kappa shape index (κ1) is 15.9. The van der Waals surface area contributed by atoms with Gasteiger partial charge in [0.05, 0.1) is 17.5 Å². The van der Waals surface area contributed by atoms with Crippen LogP contribution in [0.1, 0.15) is 22.8 Å².